The molecule has 0 heterocycles. The van der Waals surface area contributed by atoms with Gasteiger partial charge in [0.2, 0.25) is 0 Å². The van der Waals surface area contributed by atoms with Crippen molar-refractivity contribution < 1.29 is 0 Å². The minimum Gasteiger partial charge on any atom is -0.356 e. The van der Waals surface area contributed by atoms with Crippen molar-refractivity contribution >= 4 is 79.6 Å². The van der Waals surface area contributed by atoms with Crippen molar-refractivity contribution in [3.05, 3.63) is 243 Å². The van der Waals surface area contributed by atoms with Crippen molar-refractivity contribution in [1.29, 1.82) is 0 Å². The van der Waals surface area contributed by atoms with Crippen molar-refractivity contribution in [2.45, 2.75) is 0 Å². The fourth-order valence-corrected chi connectivity index (χ4v) is 7.17. The van der Waals surface area contributed by atoms with Crippen LogP contribution >= 0.6 is 0 Å². The van der Waals surface area contributed by atoms with Crippen LogP contribution in [0.2, 0.25) is 0 Å². The molecule has 4 N–H and O–H groups in total. The van der Waals surface area contributed by atoms with Crippen LogP contribution in [0.15, 0.2) is 243 Å². The molecule has 0 aliphatic rings. The van der Waals surface area contributed by atoms with Gasteiger partial charge in [-0.15, -0.1) is 0 Å². The largest absolute Gasteiger partial charge is 0.356 e. The van der Waals surface area contributed by atoms with Crippen LogP contribution in [0.25, 0.3) is 0 Å². The van der Waals surface area contributed by atoms with Gasteiger partial charge in [0, 0.05) is 79.6 Å². The highest BCUT2D eigenvalue weighted by Gasteiger charge is 2.13. The summed E-state index contributed by atoms with van der Waals surface area (Å²) >= 11 is 0. The van der Waals surface area contributed by atoms with E-state index in [1.807, 2.05) is 24.3 Å². The standard InChI is InChI=1S/C54H44N6/c1-5-13-49(14-6-1)59(50-15-7-2-8-16-50)53-37-33-47(34-38-53)57-45-29-25-43(26-30-45)55-41-21-23-42(24-22-41)56-44-27-31-46(32-28-44)58-48-35-39-54(40-36-48)60(51-17-9-3-10-18-51)52-19-11-4-12-20-52/h1-40,55-58H. The Balaban J connectivity index is 0.775. The van der Waals surface area contributed by atoms with Gasteiger partial charge in [-0.2, -0.15) is 0 Å². The lowest BCUT2D eigenvalue weighted by Gasteiger charge is -2.25. The minimum atomic E-state index is 1.01. The van der Waals surface area contributed by atoms with Crippen molar-refractivity contribution in [2.24, 2.45) is 0 Å². The van der Waals surface area contributed by atoms with Gasteiger partial charge < -0.3 is 31.1 Å². The number of para-hydroxylation sites is 4. The van der Waals surface area contributed by atoms with E-state index in [1.165, 1.54) is 0 Å². The van der Waals surface area contributed by atoms with E-state index in [0.29, 0.717) is 0 Å². The monoisotopic (exact) mass is 776 g/mol. The molecule has 0 bridgehead atoms. The highest BCUT2D eigenvalue weighted by molar-refractivity contribution is 5.79. The summed E-state index contributed by atoms with van der Waals surface area (Å²) < 4.78 is 0. The fraction of sp³-hybridized carbons (Fsp3) is 0. The molecule has 0 radical (unpaired) electrons. The molecule has 0 amide bonds. The summed E-state index contributed by atoms with van der Waals surface area (Å²) in [6, 6.07) is 83.9. The number of benzene rings is 9. The van der Waals surface area contributed by atoms with Crippen LogP contribution in [0, 0.1) is 0 Å². The van der Waals surface area contributed by atoms with Crippen molar-refractivity contribution in [3.63, 3.8) is 0 Å². The van der Waals surface area contributed by atoms with Gasteiger partial charge >= 0.3 is 0 Å². The molecule has 0 spiro atoms. The molecule has 9 rings (SSSR count). The SMILES string of the molecule is c1ccc(N(c2ccccc2)c2ccc(Nc3ccc(Nc4ccc(Nc5ccc(Nc6ccc(N(c7ccccc7)c7ccccc7)cc6)cc5)cc4)cc3)cc2)cc1. The van der Waals surface area contributed by atoms with Crippen molar-refractivity contribution in [3.8, 4) is 0 Å². The third-order valence-electron chi connectivity index (χ3n) is 10.1. The zero-order valence-corrected chi connectivity index (χ0v) is 33.0. The first-order chi connectivity index (χ1) is 29.7. The van der Waals surface area contributed by atoms with E-state index in [4.69, 9.17) is 0 Å². The van der Waals surface area contributed by atoms with Gasteiger partial charge in [0.25, 0.3) is 0 Å². The van der Waals surface area contributed by atoms with Crippen LogP contribution in [0.4, 0.5) is 79.6 Å². The summed E-state index contributed by atoms with van der Waals surface area (Å²) in [6.45, 7) is 0. The van der Waals surface area contributed by atoms with E-state index < -0.39 is 0 Å². The summed E-state index contributed by atoms with van der Waals surface area (Å²) in [5.41, 5.74) is 14.8. The Morgan fingerprint density at radius 3 is 0.500 bits per heavy atom. The number of hydrogen-bond donors (Lipinski definition) is 4. The van der Waals surface area contributed by atoms with E-state index in [0.717, 1.165) is 79.6 Å². The average Bonchev–Trinajstić information content (AvgIpc) is 3.31. The van der Waals surface area contributed by atoms with E-state index in [-0.39, 0.29) is 0 Å². The van der Waals surface area contributed by atoms with Gasteiger partial charge in [-0.25, -0.2) is 0 Å². The molecule has 290 valence electrons. The van der Waals surface area contributed by atoms with Crippen molar-refractivity contribution in [2.75, 3.05) is 31.1 Å². The molecule has 0 fully saturated rings. The fourth-order valence-electron chi connectivity index (χ4n) is 7.17. The molecule has 0 aliphatic carbocycles. The molecule has 0 saturated carbocycles. The molecule has 0 atom stereocenters. The van der Waals surface area contributed by atoms with Gasteiger partial charge in [0.1, 0.15) is 0 Å². The van der Waals surface area contributed by atoms with Gasteiger partial charge in [-0.3, -0.25) is 0 Å². The Morgan fingerprint density at radius 2 is 0.317 bits per heavy atom. The van der Waals surface area contributed by atoms with Gasteiger partial charge in [-0.1, -0.05) is 72.8 Å². The third kappa shape index (κ3) is 9.15. The highest BCUT2D eigenvalue weighted by Crippen LogP contribution is 2.37. The zero-order valence-electron chi connectivity index (χ0n) is 33.0. The predicted octanol–water partition coefficient (Wildman–Crippen LogP) is 15.6. The quantitative estimate of drug-likeness (QED) is 0.0882. The second kappa shape index (κ2) is 17.9. The van der Waals surface area contributed by atoms with E-state index in [2.05, 4.69) is 249 Å². The second-order valence-electron chi connectivity index (χ2n) is 14.3. The first-order valence-electron chi connectivity index (χ1n) is 20.1. The molecule has 6 heteroatoms. The summed E-state index contributed by atoms with van der Waals surface area (Å²) in [5.74, 6) is 0. The normalized spacial score (nSPS) is 10.7. The lowest BCUT2D eigenvalue weighted by atomic mass is 10.2. The van der Waals surface area contributed by atoms with Gasteiger partial charge in [0.05, 0.1) is 0 Å². The molecule has 0 aromatic heterocycles. The first kappa shape index (κ1) is 37.4. The van der Waals surface area contributed by atoms with Gasteiger partial charge in [0.15, 0.2) is 0 Å². The second-order valence-corrected chi connectivity index (χ2v) is 14.3. The average molecular weight is 777 g/mol. The lowest BCUT2D eigenvalue weighted by molar-refractivity contribution is 1.28. The lowest BCUT2D eigenvalue weighted by Crippen LogP contribution is -2.09. The van der Waals surface area contributed by atoms with Crippen molar-refractivity contribution in [1.82, 2.24) is 0 Å². The molecule has 0 aliphatic heterocycles. The predicted molar refractivity (Wildman–Crippen MR) is 255 cm³/mol. The number of anilines is 14. The Morgan fingerprint density at radius 1 is 0.167 bits per heavy atom. The van der Waals surface area contributed by atoms with Crippen LogP contribution in [0.3, 0.4) is 0 Å². The minimum absolute atomic E-state index is 1.01. The number of hydrogen-bond acceptors (Lipinski definition) is 6. The summed E-state index contributed by atoms with van der Waals surface area (Å²) in [7, 11) is 0. The topological polar surface area (TPSA) is 54.6 Å². The van der Waals surface area contributed by atoms with Crippen LogP contribution in [0.1, 0.15) is 0 Å². The molecule has 9 aromatic carbocycles. The van der Waals surface area contributed by atoms with E-state index in [1.54, 1.807) is 0 Å². The number of nitrogens with zero attached hydrogens (tertiary/aromatic N) is 2. The Labute approximate surface area is 352 Å². The van der Waals surface area contributed by atoms with Crippen LogP contribution in [-0.2, 0) is 0 Å². The Kier molecular flexibility index (Phi) is 11.2. The van der Waals surface area contributed by atoms with Crippen LogP contribution < -0.4 is 31.1 Å². The molecule has 0 saturated heterocycles. The molecular weight excluding hydrogens is 733 g/mol. The van der Waals surface area contributed by atoms with E-state index in [9.17, 15) is 0 Å². The third-order valence-corrected chi connectivity index (χ3v) is 10.1. The molecule has 60 heavy (non-hydrogen) atoms. The van der Waals surface area contributed by atoms with Crippen LogP contribution in [0.5, 0.6) is 0 Å². The maximum absolute atomic E-state index is 3.54. The summed E-state index contributed by atoms with van der Waals surface area (Å²) in [4.78, 5) is 4.52. The Hall–Kier alpha value is -8.22. The van der Waals surface area contributed by atoms with Gasteiger partial charge in [-0.05, 0) is 170 Å². The number of nitrogens with one attached hydrogen (secondary N) is 4. The zero-order chi connectivity index (χ0) is 40.4. The number of rotatable bonds is 14. The summed E-state index contributed by atoms with van der Waals surface area (Å²) in [6.07, 6.45) is 0. The summed E-state index contributed by atoms with van der Waals surface area (Å²) in [5, 5.41) is 14.1. The van der Waals surface area contributed by atoms with Crippen LogP contribution in [-0.4, -0.2) is 0 Å². The maximum Gasteiger partial charge on any atom is 0.0463 e. The molecular formula is C54H44N6. The Bertz CT molecular complexity index is 2420. The molecule has 9 aromatic rings. The smallest absolute Gasteiger partial charge is 0.0463 e. The first-order valence-corrected chi connectivity index (χ1v) is 20.1. The highest BCUT2D eigenvalue weighted by atomic mass is 15.1. The van der Waals surface area contributed by atoms with E-state index >= 15 is 0 Å². The molecule has 0 unspecified atom stereocenters. The molecule has 6 nitrogen and oxygen atoms in total. The maximum atomic E-state index is 3.54.